The molecule has 6 heteroatoms. The van der Waals surface area contributed by atoms with Gasteiger partial charge in [-0.3, -0.25) is 0 Å². The van der Waals surface area contributed by atoms with Crippen molar-refractivity contribution in [1.29, 1.82) is 0 Å². The standard InChI is InChI=1S/C14H15F2N3O/c1-9(2)18-13-12(16)7-17-14(19-13)20-8-10-3-5-11(15)6-4-10/h3-7,9H,8H2,1-2H3,(H,17,18,19). The van der Waals surface area contributed by atoms with Crippen LogP contribution in [0.5, 0.6) is 6.01 Å². The molecule has 0 fully saturated rings. The van der Waals surface area contributed by atoms with E-state index in [9.17, 15) is 8.78 Å². The number of ether oxygens (including phenoxy) is 1. The van der Waals surface area contributed by atoms with E-state index in [0.717, 1.165) is 11.8 Å². The molecule has 0 aliphatic carbocycles. The van der Waals surface area contributed by atoms with Crippen molar-refractivity contribution in [2.24, 2.45) is 0 Å². The van der Waals surface area contributed by atoms with Gasteiger partial charge in [0.25, 0.3) is 0 Å². The van der Waals surface area contributed by atoms with Crippen LogP contribution >= 0.6 is 0 Å². The van der Waals surface area contributed by atoms with Crippen molar-refractivity contribution in [2.45, 2.75) is 26.5 Å². The number of anilines is 1. The maximum Gasteiger partial charge on any atom is 0.318 e. The fraction of sp³-hybridized carbons (Fsp3) is 0.286. The molecule has 1 aromatic carbocycles. The molecule has 106 valence electrons. The largest absolute Gasteiger partial charge is 0.459 e. The number of nitrogens with one attached hydrogen (secondary N) is 1. The number of hydrogen-bond acceptors (Lipinski definition) is 4. The van der Waals surface area contributed by atoms with E-state index in [2.05, 4.69) is 15.3 Å². The van der Waals surface area contributed by atoms with Crippen molar-refractivity contribution in [2.75, 3.05) is 5.32 Å². The van der Waals surface area contributed by atoms with Crippen LogP contribution in [0.15, 0.2) is 30.5 Å². The highest BCUT2D eigenvalue weighted by Gasteiger charge is 2.09. The first-order valence-corrected chi connectivity index (χ1v) is 6.21. The molecule has 1 N–H and O–H groups in total. The van der Waals surface area contributed by atoms with Crippen molar-refractivity contribution < 1.29 is 13.5 Å². The van der Waals surface area contributed by atoms with Crippen LogP contribution in [0.2, 0.25) is 0 Å². The molecule has 0 atom stereocenters. The van der Waals surface area contributed by atoms with Crippen LogP contribution in [0.3, 0.4) is 0 Å². The molecule has 0 radical (unpaired) electrons. The first kappa shape index (κ1) is 14.2. The Bertz CT molecular complexity index is 573. The van der Waals surface area contributed by atoms with Gasteiger partial charge in [0.15, 0.2) is 11.6 Å². The first-order chi connectivity index (χ1) is 9.54. The Hall–Kier alpha value is -2.24. The molecule has 0 bridgehead atoms. The van der Waals surface area contributed by atoms with Gasteiger partial charge in [0, 0.05) is 6.04 Å². The summed E-state index contributed by atoms with van der Waals surface area (Å²) in [5.41, 5.74) is 0.776. The zero-order valence-electron chi connectivity index (χ0n) is 11.2. The molecule has 0 spiro atoms. The van der Waals surface area contributed by atoms with Gasteiger partial charge in [0.05, 0.1) is 6.20 Å². The van der Waals surface area contributed by atoms with Gasteiger partial charge >= 0.3 is 6.01 Å². The normalized spacial score (nSPS) is 10.7. The third kappa shape index (κ3) is 3.88. The van der Waals surface area contributed by atoms with Crippen molar-refractivity contribution in [3.8, 4) is 6.01 Å². The van der Waals surface area contributed by atoms with Crippen molar-refractivity contribution in [1.82, 2.24) is 9.97 Å². The molecule has 0 saturated carbocycles. The van der Waals surface area contributed by atoms with Gasteiger partial charge in [-0.25, -0.2) is 13.8 Å². The van der Waals surface area contributed by atoms with E-state index in [0.29, 0.717) is 0 Å². The summed E-state index contributed by atoms with van der Waals surface area (Å²) < 4.78 is 31.6. The fourth-order valence-corrected chi connectivity index (χ4v) is 1.52. The van der Waals surface area contributed by atoms with E-state index in [1.807, 2.05) is 13.8 Å². The summed E-state index contributed by atoms with van der Waals surface area (Å²) in [7, 11) is 0. The van der Waals surface area contributed by atoms with Crippen LogP contribution < -0.4 is 10.1 Å². The highest BCUT2D eigenvalue weighted by molar-refractivity contribution is 5.36. The Balaban J connectivity index is 2.04. The predicted octanol–water partition coefficient (Wildman–Crippen LogP) is 3.15. The van der Waals surface area contributed by atoms with Gasteiger partial charge in [-0.2, -0.15) is 4.98 Å². The summed E-state index contributed by atoms with van der Waals surface area (Å²) in [4.78, 5) is 7.71. The molecule has 1 heterocycles. The van der Waals surface area contributed by atoms with Crippen LogP contribution in [0.25, 0.3) is 0 Å². The summed E-state index contributed by atoms with van der Waals surface area (Å²) in [6.07, 6.45) is 1.05. The molecule has 2 rings (SSSR count). The zero-order valence-corrected chi connectivity index (χ0v) is 11.2. The zero-order chi connectivity index (χ0) is 14.5. The van der Waals surface area contributed by atoms with Gasteiger partial charge in [-0.15, -0.1) is 0 Å². The second kappa shape index (κ2) is 6.27. The van der Waals surface area contributed by atoms with Crippen LogP contribution in [-0.2, 0) is 6.61 Å². The SMILES string of the molecule is CC(C)Nc1nc(OCc2ccc(F)cc2)ncc1F. The lowest BCUT2D eigenvalue weighted by atomic mass is 10.2. The van der Waals surface area contributed by atoms with Crippen molar-refractivity contribution >= 4 is 5.82 Å². The molecular formula is C14H15F2N3O. The topological polar surface area (TPSA) is 47.0 Å². The van der Waals surface area contributed by atoms with E-state index < -0.39 is 5.82 Å². The third-order valence-electron chi connectivity index (χ3n) is 2.43. The van der Waals surface area contributed by atoms with E-state index in [4.69, 9.17) is 4.74 Å². The molecule has 0 aliphatic rings. The molecule has 0 saturated heterocycles. The maximum atomic E-state index is 13.5. The average Bonchev–Trinajstić information content (AvgIpc) is 2.41. The minimum absolute atomic E-state index is 0.0457. The monoisotopic (exact) mass is 279 g/mol. The minimum Gasteiger partial charge on any atom is -0.459 e. The van der Waals surface area contributed by atoms with Crippen molar-refractivity contribution in [3.05, 3.63) is 47.7 Å². The van der Waals surface area contributed by atoms with Gasteiger partial charge in [0.1, 0.15) is 12.4 Å². The number of aromatic nitrogens is 2. The summed E-state index contributed by atoms with van der Waals surface area (Å²) in [6.45, 7) is 3.94. The molecule has 2 aromatic rings. The quantitative estimate of drug-likeness (QED) is 0.913. The Labute approximate surface area is 115 Å². The number of nitrogens with zero attached hydrogens (tertiary/aromatic N) is 2. The lowest BCUT2D eigenvalue weighted by Gasteiger charge is -2.11. The highest BCUT2D eigenvalue weighted by Crippen LogP contribution is 2.15. The number of benzene rings is 1. The van der Waals surface area contributed by atoms with Crippen LogP contribution in [-0.4, -0.2) is 16.0 Å². The molecule has 20 heavy (non-hydrogen) atoms. The Morgan fingerprint density at radius 2 is 1.90 bits per heavy atom. The summed E-state index contributed by atoms with van der Waals surface area (Å²) in [6, 6.07) is 6.01. The first-order valence-electron chi connectivity index (χ1n) is 6.21. The smallest absolute Gasteiger partial charge is 0.318 e. The van der Waals surface area contributed by atoms with Crippen molar-refractivity contribution in [3.63, 3.8) is 0 Å². The minimum atomic E-state index is -0.534. The second-order valence-electron chi connectivity index (χ2n) is 4.56. The Morgan fingerprint density at radius 3 is 2.55 bits per heavy atom. The molecule has 0 aliphatic heterocycles. The molecular weight excluding hydrogens is 264 g/mol. The van der Waals surface area contributed by atoms with E-state index in [-0.39, 0.29) is 30.3 Å². The lowest BCUT2D eigenvalue weighted by molar-refractivity contribution is 0.279. The predicted molar refractivity (Wildman–Crippen MR) is 71.5 cm³/mol. The Kier molecular flexibility index (Phi) is 4.45. The molecule has 4 nitrogen and oxygen atoms in total. The number of hydrogen-bond donors (Lipinski definition) is 1. The fourth-order valence-electron chi connectivity index (χ4n) is 1.52. The van der Waals surface area contributed by atoms with Crippen LogP contribution in [0.4, 0.5) is 14.6 Å². The summed E-state index contributed by atoms with van der Waals surface area (Å²) in [5.74, 6) is -0.743. The van der Waals surface area contributed by atoms with Gasteiger partial charge < -0.3 is 10.1 Å². The van der Waals surface area contributed by atoms with Crippen LogP contribution in [0, 0.1) is 11.6 Å². The maximum absolute atomic E-state index is 13.5. The highest BCUT2D eigenvalue weighted by atomic mass is 19.1. The number of halogens is 2. The average molecular weight is 279 g/mol. The summed E-state index contributed by atoms with van der Waals surface area (Å²) >= 11 is 0. The van der Waals surface area contributed by atoms with Gasteiger partial charge in [0.2, 0.25) is 0 Å². The third-order valence-corrected chi connectivity index (χ3v) is 2.43. The van der Waals surface area contributed by atoms with Gasteiger partial charge in [-0.05, 0) is 31.5 Å². The van der Waals surface area contributed by atoms with E-state index in [1.165, 1.54) is 12.1 Å². The van der Waals surface area contributed by atoms with E-state index >= 15 is 0 Å². The number of rotatable bonds is 5. The lowest BCUT2D eigenvalue weighted by Crippen LogP contribution is -2.13. The molecule has 0 unspecified atom stereocenters. The van der Waals surface area contributed by atoms with Gasteiger partial charge in [-0.1, -0.05) is 12.1 Å². The molecule has 1 aromatic heterocycles. The van der Waals surface area contributed by atoms with E-state index in [1.54, 1.807) is 12.1 Å². The van der Waals surface area contributed by atoms with Crippen LogP contribution in [0.1, 0.15) is 19.4 Å². The molecule has 0 amide bonds. The summed E-state index contributed by atoms with van der Waals surface area (Å²) in [5, 5.41) is 2.86. The Morgan fingerprint density at radius 1 is 1.20 bits per heavy atom. The second-order valence-corrected chi connectivity index (χ2v) is 4.56.